The third-order valence-corrected chi connectivity index (χ3v) is 5.46. The zero-order chi connectivity index (χ0) is 17.6. The van der Waals surface area contributed by atoms with Crippen LogP contribution in [0.25, 0.3) is 10.9 Å². The fraction of sp³-hybridized carbons (Fsp3) is 0.333. The topological polar surface area (TPSA) is 8.17 Å². The number of aromatic nitrogens is 1. The van der Waals surface area contributed by atoms with Gasteiger partial charge in [0, 0.05) is 47.2 Å². The highest BCUT2D eigenvalue weighted by atomic mass is 35.5. The Labute approximate surface area is 152 Å². The number of hydrogen-bond donors (Lipinski definition) is 0. The molecule has 4 heteroatoms. The molecule has 2 aromatic carbocycles. The molecule has 0 fully saturated rings. The van der Waals surface area contributed by atoms with E-state index in [1.165, 1.54) is 22.2 Å². The lowest BCUT2D eigenvalue weighted by atomic mass is 10.0. The largest absolute Gasteiger partial charge is 0.341 e. The van der Waals surface area contributed by atoms with Crippen LogP contribution < -0.4 is 0 Å². The van der Waals surface area contributed by atoms with Crippen LogP contribution in [0.1, 0.15) is 29.8 Å². The number of benzene rings is 2. The Kier molecular flexibility index (Phi) is 4.30. The van der Waals surface area contributed by atoms with E-state index in [0.29, 0.717) is 6.04 Å². The van der Waals surface area contributed by atoms with Crippen LogP contribution in [0, 0.1) is 5.82 Å². The zero-order valence-electron chi connectivity index (χ0n) is 14.6. The minimum atomic E-state index is -0.183. The van der Waals surface area contributed by atoms with Crippen molar-refractivity contribution in [2.24, 2.45) is 0 Å². The fourth-order valence-corrected chi connectivity index (χ4v) is 4.23. The second-order valence-electron chi connectivity index (χ2n) is 7.12. The van der Waals surface area contributed by atoms with Crippen molar-refractivity contribution >= 4 is 22.5 Å². The lowest BCUT2D eigenvalue weighted by Gasteiger charge is -2.26. The van der Waals surface area contributed by atoms with E-state index >= 15 is 0 Å². The van der Waals surface area contributed by atoms with Crippen LogP contribution in [0.2, 0.25) is 5.02 Å². The fourth-order valence-electron chi connectivity index (χ4n) is 4.06. The molecule has 0 radical (unpaired) electrons. The van der Waals surface area contributed by atoms with Gasteiger partial charge in [-0.3, -0.25) is 0 Å². The van der Waals surface area contributed by atoms with Gasteiger partial charge in [0.05, 0.1) is 0 Å². The molecule has 0 aliphatic carbocycles. The maximum Gasteiger partial charge on any atom is 0.123 e. The van der Waals surface area contributed by atoms with Gasteiger partial charge in [-0.05, 0) is 61.9 Å². The molecule has 2 nitrogen and oxygen atoms in total. The molecular formula is C21H22ClFN2. The average molecular weight is 357 g/mol. The summed E-state index contributed by atoms with van der Waals surface area (Å²) >= 11 is 6.27. The molecule has 0 amide bonds. The molecule has 2 heterocycles. The quantitative estimate of drug-likeness (QED) is 0.624. The lowest BCUT2D eigenvalue weighted by Crippen LogP contribution is -2.28. The first kappa shape index (κ1) is 16.6. The first-order valence-corrected chi connectivity index (χ1v) is 9.15. The van der Waals surface area contributed by atoms with Crippen LogP contribution in [0.15, 0.2) is 42.5 Å². The Balaban J connectivity index is 1.79. The predicted octanol–water partition coefficient (Wildman–Crippen LogP) is 5.23. The molecule has 130 valence electrons. The van der Waals surface area contributed by atoms with Gasteiger partial charge < -0.3 is 9.47 Å². The first-order valence-electron chi connectivity index (χ1n) is 8.77. The van der Waals surface area contributed by atoms with Crippen molar-refractivity contribution in [3.8, 4) is 0 Å². The van der Waals surface area contributed by atoms with Gasteiger partial charge in [-0.15, -0.1) is 0 Å². The summed E-state index contributed by atoms with van der Waals surface area (Å²) in [6, 6.07) is 13.4. The van der Waals surface area contributed by atoms with Crippen molar-refractivity contribution in [2.45, 2.75) is 32.4 Å². The summed E-state index contributed by atoms with van der Waals surface area (Å²) in [5.74, 6) is -0.183. The van der Waals surface area contributed by atoms with Gasteiger partial charge >= 0.3 is 0 Å². The third-order valence-electron chi connectivity index (χ3n) is 5.23. The molecule has 0 N–H and O–H groups in total. The van der Waals surface area contributed by atoms with E-state index in [9.17, 15) is 4.39 Å². The summed E-state index contributed by atoms with van der Waals surface area (Å²) in [4.78, 5) is 2.36. The van der Waals surface area contributed by atoms with Crippen LogP contribution in [0.5, 0.6) is 0 Å². The van der Waals surface area contributed by atoms with Crippen molar-refractivity contribution in [3.05, 3.63) is 70.1 Å². The lowest BCUT2D eigenvalue weighted by molar-refractivity contribution is 0.307. The number of halogens is 2. The van der Waals surface area contributed by atoms with Crippen LogP contribution in [0.4, 0.5) is 4.39 Å². The number of fused-ring (bicyclic) bond motifs is 3. The number of hydrogen-bond acceptors (Lipinski definition) is 1. The van der Waals surface area contributed by atoms with E-state index < -0.39 is 0 Å². The Bertz CT molecular complexity index is 914. The molecular weight excluding hydrogens is 335 g/mol. The van der Waals surface area contributed by atoms with Gasteiger partial charge in [0.1, 0.15) is 5.82 Å². The van der Waals surface area contributed by atoms with Gasteiger partial charge in [-0.25, -0.2) is 4.39 Å². The highest BCUT2D eigenvalue weighted by Crippen LogP contribution is 2.35. The molecule has 1 atom stereocenters. The Morgan fingerprint density at radius 3 is 2.68 bits per heavy atom. The zero-order valence-corrected chi connectivity index (χ0v) is 15.4. The third kappa shape index (κ3) is 3.07. The minimum Gasteiger partial charge on any atom is -0.341 e. The molecule has 3 aromatic rings. The maximum atomic E-state index is 13.2. The second-order valence-corrected chi connectivity index (χ2v) is 7.56. The molecule has 1 aliphatic rings. The second kappa shape index (κ2) is 6.47. The number of rotatable bonds is 3. The predicted molar refractivity (Wildman–Crippen MR) is 102 cm³/mol. The summed E-state index contributed by atoms with van der Waals surface area (Å²) in [7, 11) is 2.17. The standard InChI is InChI=1S/C21H22ClFN2/c1-14(11-15-3-6-17(23)7-4-15)25-20-8-5-16(22)12-18(20)19-13-24(2)10-9-21(19)25/h3-8,12,14H,9-11,13H2,1-2H3/t14-/m0/s1. The molecule has 0 unspecified atom stereocenters. The Morgan fingerprint density at radius 1 is 1.16 bits per heavy atom. The first-order chi connectivity index (χ1) is 12.0. The van der Waals surface area contributed by atoms with Gasteiger partial charge in [0.2, 0.25) is 0 Å². The SMILES string of the molecule is C[C@@H](Cc1ccc(F)cc1)n1c2c(c3cc(Cl)ccc31)CN(C)CC2. The monoisotopic (exact) mass is 356 g/mol. The number of likely N-dealkylation sites (N-methyl/N-ethyl adjacent to an activating group) is 1. The molecule has 0 saturated heterocycles. The van der Waals surface area contributed by atoms with Crippen LogP contribution in [-0.2, 0) is 19.4 Å². The van der Waals surface area contributed by atoms with Crippen molar-refractivity contribution < 1.29 is 4.39 Å². The van der Waals surface area contributed by atoms with Gasteiger partial charge in [0.25, 0.3) is 0 Å². The van der Waals surface area contributed by atoms with Crippen LogP contribution in [0.3, 0.4) is 0 Å². The highest BCUT2D eigenvalue weighted by molar-refractivity contribution is 6.31. The van der Waals surface area contributed by atoms with Gasteiger partial charge in [0.15, 0.2) is 0 Å². The van der Waals surface area contributed by atoms with Crippen LogP contribution in [-0.4, -0.2) is 23.1 Å². The van der Waals surface area contributed by atoms with Crippen molar-refractivity contribution in [2.75, 3.05) is 13.6 Å². The van der Waals surface area contributed by atoms with Crippen molar-refractivity contribution in [3.63, 3.8) is 0 Å². The van der Waals surface area contributed by atoms with E-state index in [2.05, 4.69) is 35.6 Å². The Morgan fingerprint density at radius 2 is 1.92 bits per heavy atom. The van der Waals surface area contributed by atoms with Gasteiger partial charge in [-0.2, -0.15) is 0 Å². The Hall–Kier alpha value is -1.84. The molecule has 4 rings (SSSR count). The summed E-state index contributed by atoms with van der Waals surface area (Å²) in [5.41, 5.74) is 5.23. The maximum absolute atomic E-state index is 13.2. The molecule has 1 aromatic heterocycles. The molecule has 0 spiro atoms. The summed E-state index contributed by atoms with van der Waals surface area (Å²) < 4.78 is 15.7. The number of nitrogens with zero attached hydrogens (tertiary/aromatic N) is 2. The smallest absolute Gasteiger partial charge is 0.123 e. The average Bonchev–Trinajstić information content (AvgIpc) is 2.90. The summed E-state index contributed by atoms with van der Waals surface area (Å²) in [6.07, 6.45) is 1.93. The molecule has 0 saturated carbocycles. The van der Waals surface area contributed by atoms with Crippen molar-refractivity contribution in [1.29, 1.82) is 0 Å². The van der Waals surface area contributed by atoms with E-state index in [0.717, 1.165) is 36.5 Å². The van der Waals surface area contributed by atoms with E-state index in [4.69, 9.17) is 11.6 Å². The summed E-state index contributed by atoms with van der Waals surface area (Å²) in [6.45, 7) is 4.28. The van der Waals surface area contributed by atoms with E-state index in [-0.39, 0.29) is 5.82 Å². The highest BCUT2D eigenvalue weighted by Gasteiger charge is 2.24. The van der Waals surface area contributed by atoms with E-state index in [1.807, 2.05) is 18.2 Å². The van der Waals surface area contributed by atoms with Crippen molar-refractivity contribution in [1.82, 2.24) is 9.47 Å². The molecule has 25 heavy (non-hydrogen) atoms. The minimum absolute atomic E-state index is 0.183. The normalized spacial score (nSPS) is 16.2. The van der Waals surface area contributed by atoms with E-state index in [1.54, 1.807) is 12.1 Å². The van der Waals surface area contributed by atoms with Gasteiger partial charge in [-0.1, -0.05) is 23.7 Å². The van der Waals surface area contributed by atoms with Crippen LogP contribution >= 0.6 is 11.6 Å². The molecule has 0 bridgehead atoms. The molecule has 1 aliphatic heterocycles. The summed E-state index contributed by atoms with van der Waals surface area (Å²) in [5, 5.41) is 2.05.